The molecule has 2 aromatic carbocycles. The maximum absolute atomic E-state index is 13.8. The molecule has 5 nitrogen and oxygen atoms in total. The number of aromatic hydroxyl groups is 1. The van der Waals surface area contributed by atoms with E-state index in [9.17, 15) is 24.2 Å². The number of carboxylic acid groups (broad SMARTS) is 1. The topological polar surface area (TPSA) is 79.5 Å². The molecule has 3 rings (SSSR count). The molecule has 0 saturated heterocycles. The van der Waals surface area contributed by atoms with Gasteiger partial charge in [-0.05, 0) is 62.7 Å². The Balaban J connectivity index is 2.34. The van der Waals surface area contributed by atoms with Crippen molar-refractivity contribution in [3.8, 4) is 5.75 Å². The largest absolute Gasteiger partial charge is 0.508 e. The fourth-order valence-electron chi connectivity index (χ4n) is 3.32. The molecule has 0 aliphatic rings. The molecule has 0 unspecified atom stereocenters. The van der Waals surface area contributed by atoms with Gasteiger partial charge in [-0.1, -0.05) is 11.6 Å². The van der Waals surface area contributed by atoms with Crippen molar-refractivity contribution in [1.29, 1.82) is 0 Å². The van der Waals surface area contributed by atoms with E-state index in [1.807, 2.05) is 0 Å². The molecule has 2 N–H and O–H groups in total. The SMILES string of the molecule is Cc1c(C(C)(C)C(=O)O)c2cc(O)ccc2n1C(=O)c1ccc(Cl)c(F)c1. The van der Waals surface area contributed by atoms with Crippen LogP contribution in [0, 0.1) is 12.7 Å². The van der Waals surface area contributed by atoms with Gasteiger partial charge >= 0.3 is 5.97 Å². The quantitative estimate of drug-likeness (QED) is 0.691. The number of carboxylic acids is 1. The van der Waals surface area contributed by atoms with Crippen LogP contribution in [0.5, 0.6) is 5.75 Å². The molecule has 0 atom stereocenters. The molecule has 0 radical (unpaired) electrons. The van der Waals surface area contributed by atoms with Gasteiger partial charge < -0.3 is 10.2 Å². The van der Waals surface area contributed by atoms with Crippen LogP contribution >= 0.6 is 11.6 Å². The van der Waals surface area contributed by atoms with Crippen LogP contribution in [0.1, 0.15) is 35.5 Å². The summed E-state index contributed by atoms with van der Waals surface area (Å²) in [7, 11) is 0. The summed E-state index contributed by atoms with van der Waals surface area (Å²) in [5.74, 6) is -2.36. The minimum absolute atomic E-state index is 0.0490. The predicted molar refractivity (Wildman–Crippen MR) is 100 cm³/mol. The normalized spacial score (nSPS) is 11.7. The molecule has 0 aliphatic carbocycles. The first-order valence-electron chi connectivity index (χ1n) is 8.13. The monoisotopic (exact) mass is 389 g/mol. The van der Waals surface area contributed by atoms with Crippen molar-refractivity contribution < 1.29 is 24.2 Å². The zero-order valence-corrected chi connectivity index (χ0v) is 15.6. The van der Waals surface area contributed by atoms with Crippen molar-refractivity contribution >= 4 is 34.4 Å². The molecular weight excluding hydrogens is 373 g/mol. The van der Waals surface area contributed by atoms with Gasteiger partial charge in [0.1, 0.15) is 11.6 Å². The van der Waals surface area contributed by atoms with Gasteiger partial charge in [0.2, 0.25) is 0 Å². The molecule has 0 amide bonds. The Morgan fingerprint density at radius 3 is 2.41 bits per heavy atom. The Kier molecular flexibility index (Phi) is 4.48. The van der Waals surface area contributed by atoms with Crippen LogP contribution in [0.15, 0.2) is 36.4 Å². The van der Waals surface area contributed by atoms with Crippen LogP contribution in [-0.2, 0) is 10.2 Å². The molecule has 27 heavy (non-hydrogen) atoms. The molecule has 0 saturated carbocycles. The average Bonchev–Trinajstić information content (AvgIpc) is 2.88. The van der Waals surface area contributed by atoms with Crippen LogP contribution in [0.4, 0.5) is 4.39 Å². The fourth-order valence-corrected chi connectivity index (χ4v) is 3.44. The Morgan fingerprint density at radius 1 is 1.15 bits per heavy atom. The average molecular weight is 390 g/mol. The van der Waals surface area contributed by atoms with E-state index in [0.717, 1.165) is 6.07 Å². The third-order valence-electron chi connectivity index (χ3n) is 4.72. The Labute approximate surface area is 159 Å². The molecule has 0 bridgehead atoms. The maximum Gasteiger partial charge on any atom is 0.313 e. The van der Waals surface area contributed by atoms with Gasteiger partial charge in [0, 0.05) is 16.6 Å². The molecule has 7 heteroatoms. The van der Waals surface area contributed by atoms with Crippen LogP contribution < -0.4 is 0 Å². The first-order chi connectivity index (χ1) is 12.6. The Morgan fingerprint density at radius 2 is 1.81 bits per heavy atom. The first-order valence-corrected chi connectivity index (χ1v) is 8.51. The number of nitrogens with zero attached hydrogens (tertiary/aromatic N) is 1. The summed E-state index contributed by atoms with van der Waals surface area (Å²) in [6.07, 6.45) is 0. The van der Waals surface area contributed by atoms with Crippen molar-refractivity contribution in [2.75, 3.05) is 0 Å². The minimum atomic E-state index is -1.31. The molecule has 1 heterocycles. The van der Waals surface area contributed by atoms with Crippen LogP contribution in [0.25, 0.3) is 10.9 Å². The zero-order valence-electron chi connectivity index (χ0n) is 14.9. The number of hydrogen-bond acceptors (Lipinski definition) is 3. The van der Waals surface area contributed by atoms with Crippen LogP contribution in [0.2, 0.25) is 5.02 Å². The number of rotatable bonds is 3. The van der Waals surface area contributed by atoms with Crippen molar-refractivity contribution in [3.63, 3.8) is 0 Å². The van der Waals surface area contributed by atoms with Crippen LogP contribution in [0.3, 0.4) is 0 Å². The van der Waals surface area contributed by atoms with Gasteiger partial charge in [-0.15, -0.1) is 0 Å². The molecule has 3 aromatic rings. The number of carbonyl (C=O) groups excluding carboxylic acids is 1. The highest BCUT2D eigenvalue weighted by molar-refractivity contribution is 6.30. The maximum atomic E-state index is 13.8. The summed E-state index contributed by atoms with van der Waals surface area (Å²) in [5.41, 5.74) is -0.000853. The fraction of sp³-hybridized carbons (Fsp3) is 0.200. The minimum Gasteiger partial charge on any atom is -0.508 e. The number of benzene rings is 2. The van der Waals surface area contributed by atoms with Gasteiger partial charge in [0.15, 0.2) is 0 Å². The van der Waals surface area contributed by atoms with E-state index < -0.39 is 23.1 Å². The van der Waals surface area contributed by atoms with E-state index >= 15 is 0 Å². The molecule has 0 aliphatic heterocycles. The number of fused-ring (bicyclic) bond motifs is 1. The van der Waals surface area contributed by atoms with E-state index in [1.165, 1.54) is 48.7 Å². The van der Waals surface area contributed by atoms with Gasteiger partial charge in [-0.2, -0.15) is 0 Å². The summed E-state index contributed by atoms with van der Waals surface area (Å²) >= 11 is 5.69. The molecular formula is C20H17ClFNO4. The third-order valence-corrected chi connectivity index (χ3v) is 5.02. The summed E-state index contributed by atoms with van der Waals surface area (Å²) < 4.78 is 15.1. The third kappa shape index (κ3) is 2.96. The van der Waals surface area contributed by atoms with E-state index in [-0.39, 0.29) is 16.3 Å². The standard InChI is InChI=1S/C20H17ClFNO4/c1-10-17(20(2,3)19(26)27)13-9-12(24)5-7-16(13)23(10)18(25)11-4-6-14(21)15(22)8-11/h4-9,24H,1-3H3,(H,26,27). The van der Waals surface area contributed by atoms with E-state index in [1.54, 1.807) is 6.92 Å². The zero-order chi connectivity index (χ0) is 20.1. The van der Waals surface area contributed by atoms with Crippen LogP contribution in [-0.4, -0.2) is 26.7 Å². The summed E-state index contributed by atoms with van der Waals surface area (Å²) in [5, 5.41) is 19.9. The second kappa shape index (κ2) is 6.39. The van der Waals surface area contributed by atoms with Gasteiger partial charge in [0.25, 0.3) is 5.91 Å². The lowest BCUT2D eigenvalue weighted by atomic mass is 9.83. The first kappa shape index (κ1) is 18.9. The lowest BCUT2D eigenvalue weighted by Gasteiger charge is -2.20. The number of phenols is 1. The summed E-state index contributed by atoms with van der Waals surface area (Å²) in [6, 6.07) is 8.10. The van der Waals surface area contributed by atoms with Gasteiger partial charge in [0.05, 0.1) is 16.0 Å². The Hall–Kier alpha value is -2.86. The highest BCUT2D eigenvalue weighted by Crippen LogP contribution is 2.38. The lowest BCUT2D eigenvalue weighted by Crippen LogP contribution is -2.29. The van der Waals surface area contributed by atoms with Crippen molar-refractivity contribution in [2.45, 2.75) is 26.2 Å². The van der Waals surface area contributed by atoms with Gasteiger partial charge in [-0.3, -0.25) is 14.2 Å². The summed E-state index contributed by atoms with van der Waals surface area (Å²) in [4.78, 5) is 24.9. The summed E-state index contributed by atoms with van der Waals surface area (Å²) in [6.45, 7) is 4.68. The van der Waals surface area contributed by atoms with Crippen molar-refractivity contribution in [2.24, 2.45) is 0 Å². The predicted octanol–water partition coefficient (Wildman–Crippen LogP) is 4.50. The Bertz CT molecular complexity index is 1100. The number of carbonyl (C=O) groups is 2. The van der Waals surface area contributed by atoms with E-state index in [4.69, 9.17) is 11.6 Å². The lowest BCUT2D eigenvalue weighted by molar-refractivity contribution is -0.142. The highest BCUT2D eigenvalue weighted by atomic mass is 35.5. The highest BCUT2D eigenvalue weighted by Gasteiger charge is 2.36. The number of hydrogen-bond donors (Lipinski definition) is 2. The number of phenolic OH excluding ortho intramolecular Hbond substituents is 1. The van der Waals surface area contributed by atoms with Crippen molar-refractivity contribution in [1.82, 2.24) is 4.57 Å². The molecule has 140 valence electrons. The smallest absolute Gasteiger partial charge is 0.313 e. The van der Waals surface area contributed by atoms with E-state index in [0.29, 0.717) is 22.2 Å². The number of aromatic nitrogens is 1. The molecule has 0 fully saturated rings. The number of aliphatic carboxylic acids is 1. The molecule has 0 spiro atoms. The van der Waals surface area contributed by atoms with Crippen molar-refractivity contribution in [3.05, 3.63) is 64.1 Å². The second-order valence-corrected chi connectivity index (χ2v) is 7.27. The second-order valence-electron chi connectivity index (χ2n) is 6.86. The van der Waals surface area contributed by atoms with E-state index in [2.05, 4.69) is 0 Å². The van der Waals surface area contributed by atoms with Gasteiger partial charge in [-0.25, -0.2) is 4.39 Å². The molecule has 1 aromatic heterocycles. The number of halogens is 2.